The number of benzene rings is 2. The molecule has 1 aliphatic rings. The molecule has 0 radical (unpaired) electrons. The molecule has 5 nitrogen and oxygen atoms in total. The zero-order valence-corrected chi connectivity index (χ0v) is 17.3. The molecule has 1 aromatic heterocycles. The molecule has 154 valence electrons. The van der Waals surface area contributed by atoms with Crippen molar-refractivity contribution in [3.63, 3.8) is 0 Å². The average Bonchev–Trinajstić information content (AvgIpc) is 2.94. The van der Waals surface area contributed by atoms with Gasteiger partial charge in [0.2, 0.25) is 5.91 Å². The van der Waals surface area contributed by atoms with Crippen LogP contribution in [0, 0.1) is 0 Å². The van der Waals surface area contributed by atoms with E-state index in [4.69, 9.17) is 4.74 Å². The van der Waals surface area contributed by atoms with Crippen LogP contribution in [0.25, 0.3) is 11.1 Å². The third-order valence-corrected chi connectivity index (χ3v) is 5.49. The zero-order chi connectivity index (χ0) is 20.8. The van der Waals surface area contributed by atoms with Crippen molar-refractivity contribution in [1.29, 1.82) is 0 Å². The highest BCUT2D eigenvalue weighted by Gasteiger charge is 2.28. The molecule has 5 heteroatoms. The summed E-state index contributed by atoms with van der Waals surface area (Å²) >= 11 is 0. The van der Waals surface area contributed by atoms with Gasteiger partial charge in [-0.2, -0.15) is 0 Å². The van der Waals surface area contributed by atoms with Crippen LogP contribution in [0.15, 0.2) is 79.1 Å². The number of rotatable bonds is 6. The Morgan fingerprint density at radius 1 is 0.900 bits per heavy atom. The van der Waals surface area contributed by atoms with Crippen LogP contribution in [0.3, 0.4) is 0 Å². The first kappa shape index (κ1) is 20.3. The molecule has 1 aliphatic heterocycles. The molecule has 4 rings (SSSR count). The Labute approximate surface area is 177 Å². The molecule has 0 aliphatic carbocycles. The SMILES string of the molecule is COC1CN(Cc2ccc(-c3ccccc3)cc2)CC(=O)N(Cc2cccnc2)C1. The zero-order valence-electron chi connectivity index (χ0n) is 17.3. The number of carbonyl (C=O) groups excluding carboxylic acids is 1. The minimum Gasteiger partial charge on any atom is -0.378 e. The van der Waals surface area contributed by atoms with Crippen LogP contribution in [-0.2, 0) is 22.6 Å². The number of amides is 1. The van der Waals surface area contributed by atoms with Crippen molar-refractivity contribution in [3.8, 4) is 11.1 Å². The molecule has 1 saturated heterocycles. The summed E-state index contributed by atoms with van der Waals surface area (Å²) in [6.45, 7) is 2.99. The number of ether oxygens (including phenoxy) is 1. The number of aromatic nitrogens is 1. The highest BCUT2D eigenvalue weighted by molar-refractivity contribution is 5.78. The maximum absolute atomic E-state index is 12.9. The highest BCUT2D eigenvalue weighted by Crippen LogP contribution is 2.20. The first-order valence-electron chi connectivity index (χ1n) is 10.3. The summed E-state index contributed by atoms with van der Waals surface area (Å²) in [5.74, 6) is 0.124. The average molecular weight is 402 g/mol. The molecular formula is C25H27N3O2. The topological polar surface area (TPSA) is 45.7 Å². The first-order valence-corrected chi connectivity index (χ1v) is 10.3. The van der Waals surface area contributed by atoms with Crippen LogP contribution in [0.1, 0.15) is 11.1 Å². The third-order valence-electron chi connectivity index (χ3n) is 5.49. The number of pyridine rings is 1. The van der Waals surface area contributed by atoms with E-state index < -0.39 is 0 Å². The predicted octanol–water partition coefficient (Wildman–Crippen LogP) is 3.61. The second kappa shape index (κ2) is 9.65. The molecule has 30 heavy (non-hydrogen) atoms. The molecule has 0 bridgehead atoms. The fourth-order valence-electron chi connectivity index (χ4n) is 3.87. The summed E-state index contributed by atoms with van der Waals surface area (Å²) in [4.78, 5) is 21.1. The Balaban J connectivity index is 1.43. The molecule has 3 aromatic rings. The van der Waals surface area contributed by atoms with E-state index in [9.17, 15) is 4.79 Å². The van der Waals surface area contributed by atoms with Crippen LogP contribution in [0.2, 0.25) is 0 Å². The number of hydrogen-bond donors (Lipinski definition) is 0. The minimum atomic E-state index is -0.0169. The molecule has 1 unspecified atom stereocenters. The minimum absolute atomic E-state index is 0.0169. The van der Waals surface area contributed by atoms with Gasteiger partial charge in [0.25, 0.3) is 0 Å². The van der Waals surface area contributed by atoms with Gasteiger partial charge in [0.15, 0.2) is 0 Å². The second-order valence-electron chi connectivity index (χ2n) is 7.73. The van der Waals surface area contributed by atoms with Gasteiger partial charge in [0, 0.05) is 45.7 Å². The smallest absolute Gasteiger partial charge is 0.237 e. The van der Waals surface area contributed by atoms with E-state index in [1.165, 1.54) is 16.7 Å². The standard InChI is InChI=1S/C25H27N3O2/c1-30-24-17-27(19-25(29)28(18-24)16-21-6-5-13-26-14-21)15-20-9-11-23(12-10-20)22-7-3-2-4-8-22/h2-14,24H,15-19H2,1H3. The Kier molecular flexibility index (Phi) is 6.52. The third kappa shape index (κ3) is 5.12. The quantitative estimate of drug-likeness (QED) is 0.633. The molecule has 2 heterocycles. The van der Waals surface area contributed by atoms with Crippen molar-refractivity contribution in [2.75, 3.05) is 26.7 Å². The summed E-state index contributed by atoms with van der Waals surface area (Å²) in [5, 5.41) is 0. The van der Waals surface area contributed by atoms with Crippen molar-refractivity contribution in [2.45, 2.75) is 19.2 Å². The molecule has 0 saturated carbocycles. The molecule has 1 amide bonds. The van der Waals surface area contributed by atoms with E-state index in [1.54, 1.807) is 13.3 Å². The van der Waals surface area contributed by atoms with Gasteiger partial charge < -0.3 is 9.64 Å². The number of carbonyl (C=O) groups is 1. The van der Waals surface area contributed by atoms with E-state index in [0.717, 1.165) is 18.7 Å². The van der Waals surface area contributed by atoms with Crippen LogP contribution < -0.4 is 0 Å². The lowest BCUT2D eigenvalue weighted by atomic mass is 10.0. The lowest BCUT2D eigenvalue weighted by molar-refractivity contribution is -0.132. The normalized spacial score (nSPS) is 17.7. The maximum Gasteiger partial charge on any atom is 0.237 e. The highest BCUT2D eigenvalue weighted by atomic mass is 16.5. The lowest BCUT2D eigenvalue weighted by Gasteiger charge is -2.23. The molecule has 1 fully saturated rings. The predicted molar refractivity (Wildman–Crippen MR) is 118 cm³/mol. The molecule has 0 N–H and O–H groups in total. The first-order chi connectivity index (χ1) is 14.7. The Bertz CT molecular complexity index is 945. The van der Waals surface area contributed by atoms with Crippen molar-refractivity contribution >= 4 is 5.91 Å². The lowest BCUT2D eigenvalue weighted by Crippen LogP contribution is -2.37. The van der Waals surface area contributed by atoms with Crippen LogP contribution >= 0.6 is 0 Å². The van der Waals surface area contributed by atoms with Crippen LogP contribution in [0.4, 0.5) is 0 Å². The van der Waals surface area contributed by atoms with Crippen LogP contribution in [-0.4, -0.2) is 53.5 Å². The van der Waals surface area contributed by atoms with Gasteiger partial charge in [-0.3, -0.25) is 14.7 Å². The monoisotopic (exact) mass is 401 g/mol. The number of nitrogens with zero attached hydrogens (tertiary/aromatic N) is 3. The van der Waals surface area contributed by atoms with Gasteiger partial charge in [-0.1, -0.05) is 60.7 Å². The van der Waals surface area contributed by atoms with Crippen molar-refractivity contribution in [1.82, 2.24) is 14.8 Å². The van der Waals surface area contributed by atoms with Gasteiger partial charge in [-0.25, -0.2) is 0 Å². The summed E-state index contributed by atoms with van der Waals surface area (Å²) < 4.78 is 5.68. The molecule has 1 atom stereocenters. The molecule has 2 aromatic carbocycles. The summed E-state index contributed by atoms with van der Waals surface area (Å²) in [6.07, 6.45) is 3.54. The Morgan fingerprint density at radius 2 is 1.67 bits per heavy atom. The summed E-state index contributed by atoms with van der Waals surface area (Å²) in [7, 11) is 1.72. The van der Waals surface area contributed by atoms with E-state index in [1.807, 2.05) is 41.4 Å². The van der Waals surface area contributed by atoms with Gasteiger partial charge >= 0.3 is 0 Å². The molecule has 0 spiro atoms. The van der Waals surface area contributed by atoms with Crippen molar-refractivity contribution in [2.24, 2.45) is 0 Å². The maximum atomic E-state index is 12.9. The summed E-state index contributed by atoms with van der Waals surface area (Å²) in [6, 6.07) is 22.8. The van der Waals surface area contributed by atoms with Gasteiger partial charge in [-0.15, -0.1) is 0 Å². The van der Waals surface area contributed by atoms with E-state index in [0.29, 0.717) is 19.6 Å². The van der Waals surface area contributed by atoms with E-state index >= 15 is 0 Å². The molecular weight excluding hydrogens is 374 g/mol. The van der Waals surface area contributed by atoms with Gasteiger partial charge in [0.05, 0.1) is 12.6 Å². The van der Waals surface area contributed by atoms with E-state index in [-0.39, 0.29) is 12.0 Å². The summed E-state index contributed by atoms with van der Waals surface area (Å²) in [5.41, 5.74) is 4.63. The number of hydrogen-bond acceptors (Lipinski definition) is 4. The fraction of sp³-hybridized carbons (Fsp3) is 0.280. The fourth-order valence-corrected chi connectivity index (χ4v) is 3.87. The Hall–Kier alpha value is -3.02. The van der Waals surface area contributed by atoms with E-state index in [2.05, 4.69) is 46.3 Å². The second-order valence-corrected chi connectivity index (χ2v) is 7.73. The largest absolute Gasteiger partial charge is 0.378 e. The van der Waals surface area contributed by atoms with Crippen molar-refractivity contribution in [3.05, 3.63) is 90.3 Å². The number of methoxy groups -OCH3 is 1. The Morgan fingerprint density at radius 3 is 2.37 bits per heavy atom. The van der Waals surface area contributed by atoms with Gasteiger partial charge in [0.1, 0.15) is 0 Å². The van der Waals surface area contributed by atoms with Crippen LogP contribution in [0.5, 0.6) is 0 Å². The van der Waals surface area contributed by atoms with Gasteiger partial charge in [-0.05, 0) is 28.3 Å². The van der Waals surface area contributed by atoms with Crippen molar-refractivity contribution < 1.29 is 9.53 Å².